The van der Waals surface area contributed by atoms with Gasteiger partial charge >= 0.3 is 25.7 Å². The average molecular weight is 1030 g/mol. The molecule has 2 N–H and O–H groups in total. The summed E-state index contributed by atoms with van der Waals surface area (Å²) >= 11 is 0. The number of aliphatic hydroxyl groups excluding tert-OH is 1. The fourth-order valence-electron chi connectivity index (χ4n) is 7.17. The lowest BCUT2D eigenvalue weighted by molar-refractivity contribution is -0.161. The van der Waals surface area contributed by atoms with Crippen molar-refractivity contribution in [2.45, 2.75) is 238 Å². The van der Waals surface area contributed by atoms with Gasteiger partial charge in [-0.1, -0.05) is 195 Å². The monoisotopic (exact) mass is 1030 g/mol. The van der Waals surface area contributed by atoms with Crippen LogP contribution in [0.5, 0.6) is 0 Å². The Morgan fingerprint density at radius 1 is 0.403 bits per heavy atom. The minimum atomic E-state index is -4.77. The van der Waals surface area contributed by atoms with Crippen molar-refractivity contribution in [1.29, 1.82) is 0 Å². The molecule has 0 radical (unpaired) electrons. The molecule has 72 heavy (non-hydrogen) atoms. The lowest BCUT2D eigenvalue weighted by atomic mass is 10.1. The van der Waals surface area contributed by atoms with Gasteiger partial charge in [0.05, 0.1) is 19.8 Å². The molecule has 0 fully saturated rings. The van der Waals surface area contributed by atoms with Crippen molar-refractivity contribution in [2.24, 2.45) is 0 Å². The smallest absolute Gasteiger partial charge is 0.462 e. The number of carbonyl (C=O) groups is 3. The van der Waals surface area contributed by atoms with E-state index in [-0.39, 0.29) is 25.9 Å². The van der Waals surface area contributed by atoms with Gasteiger partial charge in [0.15, 0.2) is 6.10 Å². The zero-order valence-corrected chi connectivity index (χ0v) is 46.3. The number of esters is 3. The molecular weight excluding hydrogens is 928 g/mol. The number of phosphoric ester groups is 1. The third-order valence-corrected chi connectivity index (χ3v) is 12.4. The molecule has 0 saturated heterocycles. The highest BCUT2D eigenvalue weighted by Crippen LogP contribution is 2.43. The molecule has 0 aliphatic heterocycles. The van der Waals surface area contributed by atoms with E-state index in [1.54, 1.807) is 0 Å². The minimum absolute atomic E-state index is 0.0834. The molecule has 0 saturated carbocycles. The van der Waals surface area contributed by atoms with Gasteiger partial charge in [0.2, 0.25) is 0 Å². The fourth-order valence-corrected chi connectivity index (χ4v) is 7.95. The number of unbranched alkanes of at least 4 members (excludes halogenated alkanes) is 18. The summed E-state index contributed by atoms with van der Waals surface area (Å²) in [6.45, 7) is 4.37. The number of ether oxygens (including phenoxy) is 3. The van der Waals surface area contributed by atoms with E-state index in [1.807, 2.05) is 12.2 Å². The fraction of sp³-hybridized carbons (Fsp3) is 0.683. The van der Waals surface area contributed by atoms with E-state index in [4.69, 9.17) is 23.3 Å². The van der Waals surface area contributed by atoms with Crippen LogP contribution < -0.4 is 0 Å². The molecule has 412 valence electrons. The van der Waals surface area contributed by atoms with E-state index in [0.29, 0.717) is 25.7 Å². The maximum Gasteiger partial charge on any atom is 0.472 e. The molecule has 0 aliphatic rings. The Labute approximate surface area is 438 Å². The van der Waals surface area contributed by atoms with E-state index in [1.165, 1.54) is 51.4 Å². The van der Waals surface area contributed by atoms with E-state index >= 15 is 0 Å². The Morgan fingerprint density at radius 3 is 1.22 bits per heavy atom. The van der Waals surface area contributed by atoms with Crippen molar-refractivity contribution in [1.82, 2.24) is 0 Å². The normalized spacial score (nSPS) is 14.1. The summed E-state index contributed by atoms with van der Waals surface area (Å²) < 4.78 is 39.4. The van der Waals surface area contributed by atoms with Crippen molar-refractivity contribution in [3.8, 4) is 0 Å². The second kappa shape index (κ2) is 53.7. The Hall–Kier alpha value is -3.60. The highest BCUT2D eigenvalue weighted by Gasteiger charge is 2.28. The van der Waals surface area contributed by atoms with Gasteiger partial charge in [-0.15, -0.1) is 0 Å². The summed E-state index contributed by atoms with van der Waals surface area (Å²) in [5.41, 5.74) is 0. The van der Waals surface area contributed by atoms with Crippen LogP contribution in [0.2, 0.25) is 0 Å². The van der Waals surface area contributed by atoms with Crippen LogP contribution in [-0.2, 0) is 42.2 Å². The quantitative estimate of drug-likeness (QED) is 0.0197. The predicted octanol–water partition coefficient (Wildman–Crippen LogP) is 16.5. The average Bonchev–Trinajstić information content (AvgIpc) is 3.37. The first-order chi connectivity index (χ1) is 35.2. The molecule has 0 spiro atoms. The van der Waals surface area contributed by atoms with E-state index < -0.39 is 57.8 Å². The summed E-state index contributed by atoms with van der Waals surface area (Å²) in [5, 5.41) is 9.81. The number of hydrogen-bond acceptors (Lipinski definition) is 10. The number of allylic oxidation sites excluding steroid dienone is 16. The van der Waals surface area contributed by atoms with Gasteiger partial charge in [0.25, 0.3) is 0 Å². The van der Waals surface area contributed by atoms with Gasteiger partial charge < -0.3 is 24.2 Å². The summed E-state index contributed by atoms with van der Waals surface area (Å²) in [7, 11) is -4.77. The molecule has 12 heteroatoms. The van der Waals surface area contributed by atoms with Crippen LogP contribution in [0.1, 0.15) is 226 Å². The van der Waals surface area contributed by atoms with Crippen LogP contribution in [0.15, 0.2) is 97.2 Å². The summed E-state index contributed by atoms with van der Waals surface area (Å²) in [4.78, 5) is 48.4. The first kappa shape index (κ1) is 68.4. The van der Waals surface area contributed by atoms with Gasteiger partial charge in [-0.25, -0.2) is 4.57 Å². The number of aliphatic hydroxyl groups is 1. The lowest BCUT2D eigenvalue weighted by Gasteiger charge is -2.21. The SMILES string of the molecule is CC/C=C\C/C=C\C/C=C\C/C=C\C/C=C\CCCC(=O)OC(COC(=O)CCCCCCC/C=C\CCCC)COP(=O)(O)OCC(CO)OC(=O)CCCCCCCCC/C=C\C/C=C\CCCCC. The third-order valence-electron chi connectivity index (χ3n) is 11.5. The van der Waals surface area contributed by atoms with Gasteiger partial charge in [0.1, 0.15) is 12.7 Å². The second-order valence-corrected chi connectivity index (χ2v) is 19.8. The molecule has 0 aliphatic carbocycles. The van der Waals surface area contributed by atoms with Crippen molar-refractivity contribution in [3.63, 3.8) is 0 Å². The zero-order chi connectivity index (χ0) is 52.7. The standard InChI is InChI=1S/C60H101O11P/c1-4-7-10-13-16-19-22-24-26-28-30-32-35-38-41-44-47-50-59(63)70-56(52-61)54-68-72(65,66)69-55-57(53-67-58(62)49-46-43-40-37-34-21-18-15-12-9-6-3)71-60(64)51-48-45-42-39-36-33-31-29-27-25-23-20-17-14-11-8-5-2/h8,11,15-20,24-27,31,33,39,42,56-57,61H,4-7,9-10,12-14,21-23,28-30,32,34-38,40-41,43-55H2,1-3H3,(H,65,66)/b11-8-,18-15-,19-16-,20-17-,26-24-,27-25-,33-31-,42-39-. The zero-order valence-electron chi connectivity index (χ0n) is 45.4. The highest BCUT2D eigenvalue weighted by atomic mass is 31.2. The maximum atomic E-state index is 12.9. The molecule has 0 aromatic carbocycles. The second-order valence-electron chi connectivity index (χ2n) is 18.4. The topological polar surface area (TPSA) is 155 Å². The highest BCUT2D eigenvalue weighted by molar-refractivity contribution is 7.47. The molecule has 0 amide bonds. The molecule has 0 aromatic heterocycles. The number of hydrogen-bond donors (Lipinski definition) is 2. The van der Waals surface area contributed by atoms with Crippen LogP contribution in [0, 0.1) is 0 Å². The summed E-state index contributed by atoms with van der Waals surface area (Å²) in [5.74, 6) is -1.56. The third kappa shape index (κ3) is 51.3. The van der Waals surface area contributed by atoms with Gasteiger partial charge in [-0.2, -0.15) is 0 Å². The molecule has 0 rings (SSSR count). The summed E-state index contributed by atoms with van der Waals surface area (Å²) in [6.07, 6.45) is 62.3. The van der Waals surface area contributed by atoms with Crippen molar-refractivity contribution in [2.75, 3.05) is 26.4 Å². The van der Waals surface area contributed by atoms with E-state index in [0.717, 1.165) is 109 Å². The number of rotatable bonds is 51. The number of carbonyl (C=O) groups excluding carboxylic acids is 3. The van der Waals surface area contributed by atoms with Crippen LogP contribution >= 0.6 is 7.82 Å². The predicted molar refractivity (Wildman–Crippen MR) is 297 cm³/mol. The Bertz CT molecular complexity index is 1580. The first-order valence-electron chi connectivity index (χ1n) is 28.1. The molecule has 3 atom stereocenters. The lowest BCUT2D eigenvalue weighted by Crippen LogP contribution is -2.30. The van der Waals surface area contributed by atoms with E-state index in [2.05, 4.69) is 106 Å². The van der Waals surface area contributed by atoms with Crippen LogP contribution in [0.25, 0.3) is 0 Å². The molecular formula is C60H101O11P. The number of phosphoric acid groups is 1. The van der Waals surface area contributed by atoms with Gasteiger partial charge in [0, 0.05) is 19.3 Å². The Kier molecular flexibility index (Phi) is 51.0. The van der Waals surface area contributed by atoms with Crippen molar-refractivity contribution >= 4 is 25.7 Å². The minimum Gasteiger partial charge on any atom is -0.462 e. The van der Waals surface area contributed by atoms with Crippen LogP contribution in [0.3, 0.4) is 0 Å². The van der Waals surface area contributed by atoms with Crippen LogP contribution in [-0.4, -0.2) is 66.5 Å². The largest absolute Gasteiger partial charge is 0.472 e. The maximum absolute atomic E-state index is 12.9. The molecule has 0 aromatic rings. The van der Waals surface area contributed by atoms with Crippen LogP contribution in [0.4, 0.5) is 0 Å². The van der Waals surface area contributed by atoms with Crippen molar-refractivity contribution < 1.29 is 52.2 Å². The van der Waals surface area contributed by atoms with Gasteiger partial charge in [-0.05, 0) is 109 Å². The Morgan fingerprint density at radius 2 is 0.750 bits per heavy atom. The summed E-state index contributed by atoms with van der Waals surface area (Å²) in [6, 6.07) is 0. The Balaban J connectivity index is 4.78. The van der Waals surface area contributed by atoms with Gasteiger partial charge in [-0.3, -0.25) is 23.4 Å². The molecule has 3 unspecified atom stereocenters. The van der Waals surface area contributed by atoms with Crippen molar-refractivity contribution in [3.05, 3.63) is 97.2 Å². The first-order valence-corrected chi connectivity index (χ1v) is 29.6. The molecule has 0 heterocycles. The molecule has 0 bridgehead atoms. The van der Waals surface area contributed by atoms with E-state index in [9.17, 15) is 28.9 Å². The molecule has 11 nitrogen and oxygen atoms in total.